The highest BCUT2D eigenvalue weighted by atomic mass is 15.2. The number of nitrogens with zero attached hydrogens (tertiary/aromatic N) is 2. The van der Waals surface area contributed by atoms with Crippen LogP contribution in [0.5, 0.6) is 0 Å². The molecule has 83 heavy (non-hydrogen) atoms. The van der Waals surface area contributed by atoms with Crippen molar-refractivity contribution < 1.29 is 0 Å². The maximum Gasteiger partial charge on any atom is 0.0714 e. The van der Waals surface area contributed by atoms with Crippen LogP contribution >= 0.6 is 0 Å². The van der Waals surface area contributed by atoms with Crippen LogP contribution in [0.1, 0.15) is 62.6 Å². The molecule has 0 heterocycles. The van der Waals surface area contributed by atoms with Crippen molar-refractivity contribution in [2.24, 2.45) is 0 Å². The minimum atomic E-state index is -0.544. The Balaban J connectivity index is 0.912. The largest absolute Gasteiger partial charge is 0.310 e. The number of hydrogen-bond donors (Lipinski definition) is 0. The summed E-state index contributed by atoms with van der Waals surface area (Å²) >= 11 is 0. The molecule has 0 saturated heterocycles. The second-order valence-electron chi connectivity index (χ2n) is 22.6. The van der Waals surface area contributed by atoms with Gasteiger partial charge in [-0.1, -0.05) is 250 Å². The molecule has 0 radical (unpaired) electrons. The third kappa shape index (κ3) is 7.22. The van der Waals surface area contributed by atoms with Crippen molar-refractivity contribution in [3.63, 3.8) is 0 Å². The molecule has 0 aliphatic heterocycles. The van der Waals surface area contributed by atoms with Crippen molar-refractivity contribution in [2.75, 3.05) is 9.80 Å². The van der Waals surface area contributed by atoms with Crippen LogP contribution in [0.3, 0.4) is 0 Å². The first-order chi connectivity index (χ1) is 41.0. The number of rotatable bonds is 11. The van der Waals surface area contributed by atoms with E-state index in [9.17, 15) is 0 Å². The Labute approximate surface area is 485 Å². The topological polar surface area (TPSA) is 6.48 Å². The van der Waals surface area contributed by atoms with E-state index in [4.69, 9.17) is 0 Å². The van der Waals surface area contributed by atoms with Crippen LogP contribution in [0.4, 0.5) is 34.1 Å². The fourth-order valence-electron chi connectivity index (χ4n) is 14.9. The van der Waals surface area contributed by atoms with E-state index in [0.29, 0.717) is 0 Å². The average molecular weight is 1060 g/mol. The molecule has 0 spiro atoms. The number of anilines is 6. The van der Waals surface area contributed by atoms with Gasteiger partial charge in [-0.05, 0) is 173 Å². The molecule has 16 rings (SSSR count). The molecule has 0 saturated carbocycles. The molecule has 2 nitrogen and oxygen atoms in total. The molecule has 392 valence electrons. The van der Waals surface area contributed by atoms with Gasteiger partial charge < -0.3 is 9.80 Å². The van der Waals surface area contributed by atoms with Gasteiger partial charge in [0, 0.05) is 33.5 Å². The second kappa shape index (κ2) is 19.2. The van der Waals surface area contributed by atoms with Crippen LogP contribution in [-0.4, -0.2) is 0 Å². The van der Waals surface area contributed by atoms with E-state index in [2.05, 4.69) is 327 Å². The average Bonchev–Trinajstić information content (AvgIpc) is 2.01. The lowest BCUT2D eigenvalue weighted by molar-refractivity contribution is 0.768. The monoisotopic (exact) mass is 1060 g/mol. The molecular weight excluding hydrogens is 1000 g/mol. The van der Waals surface area contributed by atoms with Gasteiger partial charge in [0.15, 0.2) is 0 Å². The summed E-state index contributed by atoms with van der Waals surface area (Å²) in [6.45, 7) is 4.45. The molecule has 0 bridgehead atoms. The van der Waals surface area contributed by atoms with Crippen LogP contribution in [0.2, 0.25) is 0 Å². The maximum atomic E-state index is 2.52. The normalized spacial score (nSPS) is 13.4. The molecule has 0 N–H and O–H groups in total. The van der Waals surface area contributed by atoms with Gasteiger partial charge >= 0.3 is 0 Å². The van der Waals surface area contributed by atoms with Gasteiger partial charge in [0.1, 0.15) is 0 Å². The summed E-state index contributed by atoms with van der Waals surface area (Å²) in [5.41, 5.74) is 23.4. The zero-order valence-corrected chi connectivity index (χ0v) is 46.5. The maximum absolute atomic E-state index is 2.52. The van der Waals surface area contributed by atoms with Crippen LogP contribution in [-0.2, 0) is 17.3 Å². The molecule has 2 heteroatoms. The predicted octanol–water partition coefficient (Wildman–Crippen LogP) is 21.1. The lowest BCUT2D eigenvalue weighted by atomic mass is 9.67. The van der Waals surface area contributed by atoms with Crippen molar-refractivity contribution >= 4 is 66.4 Å². The Bertz CT molecular complexity index is 4730. The van der Waals surface area contributed by atoms with Crippen molar-refractivity contribution in [3.05, 3.63) is 359 Å². The Morgan fingerprint density at radius 1 is 0.289 bits per heavy atom. The van der Waals surface area contributed by atoms with E-state index in [0.717, 1.165) is 40.5 Å². The highest BCUT2D eigenvalue weighted by Crippen LogP contribution is 2.59. The van der Waals surface area contributed by atoms with Crippen molar-refractivity contribution in [3.8, 4) is 22.3 Å². The molecule has 0 atom stereocenters. The molecule has 0 fully saturated rings. The van der Waals surface area contributed by atoms with Gasteiger partial charge in [0.2, 0.25) is 0 Å². The van der Waals surface area contributed by atoms with E-state index in [1.54, 1.807) is 0 Å². The van der Waals surface area contributed by atoms with Gasteiger partial charge in [-0.2, -0.15) is 0 Å². The highest BCUT2D eigenvalue weighted by molar-refractivity contribution is 6.28. The molecule has 14 aromatic carbocycles. The lowest BCUT2D eigenvalue weighted by Gasteiger charge is -2.35. The van der Waals surface area contributed by atoms with Crippen LogP contribution in [0, 0.1) is 6.92 Å². The SMILES string of the molecule is CCc1cccc(N(c2cccc(C3(c4ccccc4)c4ccccc4-c4ccccc43)c2)c2ccc3ccc4c(N(c5cccc(C)c5)c5cccc(C6(c7ccccc7)c7ccccc7-c7ccccc76)c5)ccc5ccc2c3c54)c1. The van der Waals surface area contributed by atoms with E-state index >= 15 is 0 Å². The molecule has 0 unspecified atom stereocenters. The molecule has 2 aliphatic rings. The predicted molar refractivity (Wildman–Crippen MR) is 348 cm³/mol. The van der Waals surface area contributed by atoms with E-state index in [-0.39, 0.29) is 0 Å². The third-order valence-electron chi connectivity index (χ3n) is 18.3. The molecule has 2 aliphatic carbocycles. The summed E-state index contributed by atoms with van der Waals surface area (Å²) in [4.78, 5) is 5.03. The summed E-state index contributed by atoms with van der Waals surface area (Å²) in [7, 11) is 0. The molecule has 0 amide bonds. The number of hydrogen-bond acceptors (Lipinski definition) is 2. The second-order valence-corrected chi connectivity index (χ2v) is 22.6. The van der Waals surface area contributed by atoms with Gasteiger partial charge in [0.25, 0.3) is 0 Å². The fraction of sp³-hybridized carbons (Fsp3) is 0.0617. The van der Waals surface area contributed by atoms with Crippen molar-refractivity contribution in [1.29, 1.82) is 0 Å². The summed E-state index contributed by atoms with van der Waals surface area (Å²) in [6.07, 6.45) is 0.932. The summed E-state index contributed by atoms with van der Waals surface area (Å²) in [5.74, 6) is 0. The zero-order valence-electron chi connectivity index (χ0n) is 46.5. The smallest absolute Gasteiger partial charge is 0.0714 e. The molecular formula is C81H58N2. The Morgan fingerprint density at radius 2 is 0.639 bits per heavy atom. The fourth-order valence-corrected chi connectivity index (χ4v) is 14.9. The quantitative estimate of drug-likeness (QED) is 0.119. The van der Waals surface area contributed by atoms with Crippen LogP contribution < -0.4 is 9.80 Å². The zero-order chi connectivity index (χ0) is 55.2. The number of aryl methyl sites for hydroxylation is 2. The Hall–Kier alpha value is -10.3. The lowest BCUT2D eigenvalue weighted by Crippen LogP contribution is -2.28. The van der Waals surface area contributed by atoms with E-state index in [1.165, 1.54) is 110 Å². The first-order valence-electron chi connectivity index (χ1n) is 29.2. The third-order valence-corrected chi connectivity index (χ3v) is 18.3. The summed E-state index contributed by atoms with van der Waals surface area (Å²) < 4.78 is 0. The van der Waals surface area contributed by atoms with E-state index in [1.807, 2.05) is 0 Å². The van der Waals surface area contributed by atoms with Gasteiger partial charge in [-0.3, -0.25) is 0 Å². The minimum Gasteiger partial charge on any atom is -0.310 e. The van der Waals surface area contributed by atoms with Crippen molar-refractivity contribution in [2.45, 2.75) is 31.1 Å². The minimum absolute atomic E-state index is 0.544. The Kier molecular flexibility index (Phi) is 11.2. The first kappa shape index (κ1) is 48.6. The van der Waals surface area contributed by atoms with Crippen LogP contribution in [0.15, 0.2) is 303 Å². The van der Waals surface area contributed by atoms with E-state index < -0.39 is 10.8 Å². The molecule has 14 aromatic rings. The van der Waals surface area contributed by atoms with Gasteiger partial charge in [-0.15, -0.1) is 0 Å². The standard InChI is InChI=1S/C81H58N2/c1-3-55-23-19-31-63(51-55)83(65-33-21-29-61(53-65)81(59-26-8-5-9-27-59)74-40-16-12-36-68(74)69-37-13-17-41-75(69)81)77-49-45-57-42-46-70-76(48-44-56-43-47-71(77)79(57)78(56)70)82(62-30-18-22-54(2)50-62)64-32-20-28-60(52-64)80(58-24-6-4-7-25-58)72-38-14-10-34-66(72)67-35-11-15-39-73(67)80/h4-53H,3H2,1-2H3. The Morgan fingerprint density at radius 3 is 1.06 bits per heavy atom. The van der Waals surface area contributed by atoms with Crippen LogP contribution in [0.25, 0.3) is 54.6 Å². The first-order valence-corrected chi connectivity index (χ1v) is 29.2. The number of benzene rings is 14. The van der Waals surface area contributed by atoms with Crippen molar-refractivity contribution in [1.82, 2.24) is 0 Å². The van der Waals surface area contributed by atoms with Gasteiger partial charge in [-0.25, -0.2) is 0 Å². The van der Waals surface area contributed by atoms with Gasteiger partial charge in [0.05, 0.1) is 22.2 Å². The number of fused-ring (bicyclic) bond motifs is 6. The summed E-state index contributed by atoms with van der Waals surface area (Å²) in [5, 5.41) is 7.34. The summed E-state index contributed by atoms with van der Waals surface area (Å²) in [6, 6.07) is 114. The highest BCUT2D eigenvalue weighted by Gasteiger charge is 2.47. The molecule has 0 aromatic heterocycles.